The summed E-state index contributed by atoms with van der Waals surface area (Å²) in [5, 5.41) is 2.24. The fourth-order valence-electron chi connectivity index (χ4n) is 3.12. The van der Waals surface area contributed by atoms with Crippen LogP contribution in [0.2, 0.25) is 0 Å². The average molecular weight is 334 g/mol. The zero-order chi connectivity index (χ0) is 17.4. The van der Waals surface area contributed by atoms with E-state index in [4.69, 9.17) is 9.47 Å². The third-order valence-electron chi connectivity index (χ3n) is 4.51. The zero-order valence-electron chi connectivity index (χ0n) is 14.8. The lowest BCUT2D eigenvalue weighted by molar-refractivity contribution is 0.363. The lowest BCUT2D eigenvalue weighted by Gasteiger charge is -2.27. The maximum absolute atomic E-state index is 6.17. The molecule has 4 rings (SSSR count). The largest absolute Gasteiger partial charge is 0.449 e. The van der Waals surface area contributed by atoms with E-state index >= 15 is 0 Å². The van der Waals surface area contributed by atoms with Gasteiger partial charge in [-0.3, -0.25) is 0 Å². The Bertz CT molecular complexity index is 921. The second kappa shape index (κ2) is 6.30. The van der Waals surface area contributed by atoms with Gasteiger partial charge in [-0.25, -0.2) is 0 Å². The highest BCUT2D eigenvalue weighted by atomic mass is 16.6. The number of ether oxygens (including phenoxy) is 2. The Morgan fingerprint density at radius 1 is 0.720 bits per heavy atom. The van der Waals surface area contributed by atoms with Crippen LogP contribution in [0.25, 0.3) is 10.8 Å². The fraction of sp³-hybridized carbons (Fsp3) is 0.238. The van der Waals surface area contributed by atoms with E-state index < -0.39 is 0 Å². The number of anilines is 1. The van der Waals surface area contributed by atoms with Gasteiger partial charge in [0, 0.05) is 42.7 Å². The minimum absolute atomic E-state index is 0.757. The van der Waals surface area contributed by atoms with Gasteiger partial charge in [0.15, 0.2) is 23.0 Å². The molecule has 25 heavy (non-hydrogen) atoms. The molecule has 0 aromatic heterocycles. The number of rotatable bonds is 4. The first kappa shape index (κ1) is 15.8. The fourth-order valence-corrected chi connectivity index (χ4v) is 3.12. The molecule has 0 N–H and O–H groups in total. The highest BCUT2D eigenvalue weighted by molar-refractivity contribution is 6.01. The molecule has 128 valence electrons. The number of benzene rings is 3. The predicted octanol–water partition coefficient (Wildman–Crippen LogP) is 4.74. The molecule has 0 saturated heterocycles. The highest BCUT2D eigenvalue weighted by Crippen LogP contribution is 2.50. The number of hydrogen-bond donors (Lipinski definition) is 0. The van der Waals surface area contributed by atoms with Crippen LogP contribution < -0.4 is 14.4 Å². The molecule has 0 spiro atoms. The third kappa shape index (κ3) is 2.89. The second-order valence-electron chi connectivity index (χ2n) is 6.64. The maximum Gasteiger partial charge on any atom is 0.178 e. The summed E-state index contributed by atoms with van der Waals surface area (Å²) in [6, 6.07) is 18.2. The van der Waals surface area contributed by atoms with Crippen LogP contribution in [0.5, 0.6) is 23.0 Å². The van der Waals surface area contributed by atoms with E-state index in [1.807, 2.05) is 30.3 Å². The minimum atomic E-state index is 0.757. The van der Waals surface area contributed by atoms with Gasteiger partial charge in [-0.05, 0) is 26.2 Å². The van der Waals surface area contributed by atoms with Crippen LogP contribution in [0.3, 0.4) is 0 Å². The Hall–Kier alpha value is -2.72. The molecule has 3 aromatic carbocycles. The van der Waals surface area contributed by atoms with Crippen LogP contribution in [0.15, 0.2) is 54.6 Å². The molecule has 0 fully saturated rings. The molecule has 3 aromatic rings. The van der Waals surface area contributed by atoms with Crippen LogP contribution in [0.4, 0.5) is 5.69 Å². The van der Waals surface area contributed by atoms with Crippen molar-refractivity contribution in [1.82, 2.24) is 4.90 Å². The van der Waals surface area contributed by atoms with Crippen molar-refractivity contribution in [1.29, 1.82) is 0 Å². The quantitative estimate of drug-likeness (QED) is 0.538. The van der Waals surface area contributed by atoms with E-state index in [1.165, 1.54) is 5.39 Å². The molecular weight excluding hydrogens is 312 g/mol. The number of likely N-dealkylation sites (N-methyl/N-ethyl adjacent to an activating group) is 2. The van der Waals surface area contributed by atoms with Gasteiger partial charge in [-0.2, -0.15) is 0 Å². The molecular formula is C21H22N2O2. The van der Waals surface area contributed by atoms with E-state index in [9.17, 15) is 0 Å². The van der Waals surface area contributed by atoms with Gasteiger partial charge in [0.25, 0.3) is 0 Å². The summed E-state index contributed by atoms with van der Waals surface area (Å²) >= 11 is 0. The van der Waals surface area contributed by atoms with Gasteiger partial charge in [-0.15, -0.1) is 0 Å². The van der Waals surface area contributed by atoms with E-state index in [0.717, 1.165) is 47.2 Å². The molecule has 0 amide bonds. The normalized spacial score (nSPS) is 12.3. The molecule has 0 bridgehead atoms. The summed E-state index contributed by atoms with van der Waals surface area (Å²) in [6.07, 6.45) is 0. The second-order valence-corrected chi connectivity index (χ2v) is 6.64. The Balaban J connectivity index is 1.82. The number of nitrogens with zero attached hydrogens (tertiary/aromatic N) is 2. The van der Waals surface area contributed by atoms with Gasteiger partial charge >= 0.3 is 0 Å². The van der Waals surface area contributed by atoms with E-state index in [0.29, 0.717) is 0 Å². The SMILES string of the molecule is CN(C)CCN(C)c1cc2c(c3ccccc13)Oc1ccccc1O2. The first-order chi connectivity index (χ1) is 12.1. The zero-order valence-corrected chi connectivity index (χ0v) is 14.8. The van der Waals surface area contributed by atoms with Crippen molar-refractivity contribution in [2.45, 2.75) is 0 Å². The predicted molar refractivity (Wildman–Crippen MR) is 102 cm³/mol. The minimum Gasteiger partial charge on any atom is -0.449 e. The van der Waals surface area contributed by atoms with Crippen LogP contribution in [-0.2, 0) is 0 Å². The van der Waals surface area contributed by atoms with Crippen molar-refractivity contribution in [2.24, 2.45) is 0 Å². The molecule has 0 radical (unpaired) electrons. The summed E-state index contributed by atoms with van der Waals surface area (Å²) in [4.78, 5) is 4.46. The van der Waals surface area contributed by atoms with Gasteiger partial charge in [-0.1, -0.05) is 36.4 Å². The molecule has 0 saturated carbocycles. The van der Waals surface area contributed by atoms with E-state index in [2.05, 4.69) is 55.2 Å². The van der Waals surface area contributed by atoms with Gasteiger partial charge < -0.3 is 19.3 Å². The molecule has 1 heterocycles. The molecule has 0 atom stereocenters. The van der Waals surface area contributed by atoms with Crippen molar-refractivity contribution >= 4 is 16.5 Å². The van der Waals surface area contributed by atoms with Crippen LogP contribution in [0.1, 0.15) is 0 Å². The Morgan fingerprint density at radius 2 is 1.36 bits per heavy atom. The van der Waals surface area contributed by atoms with Crippen LogP contribution >= 0.6 is 0 Å². The first-order valence-electron chi connectivity index (χ1n) is 8.50. The van der Waals surface area contributed by atoms with Crippen molar-refractivity contribution < 1.29 is 9.47 Å². The lowest BCUT2D eigenvalue weighted by atomic mass is 10.1. The van der Waals surface area contributed by atoms with Crippen molar-refractivity contribution in [3.63, 3.8) is 0 Å². The van der Waals surface area contributed by atoms with Crippen LogP contribution in [-0.4, -0.2) is 39.1 Å². The first-order valence-corrected chi connectivity index (χ1v) is 8.50. The topological polar surface area (TPSA) is 24.9 Å². The van der Waals surface area contributed by atoms with Crippen molar-refractivity contribution in [3.8, 4) is 23.0 Å². The average Bonchev–Trinajstić information content (AvgIpc) is 2.64. The number of para-hydroxylation sites is 2. The molecule has 0 aliphatic carbocycles. The Labute approximate surface area is 148 Å². The summed E-state index contributed by atoms with van der Waals surface area (Å²) < 4.78 is 12.3. The van der Waals surface area contributed by atoms with Crippen LogP contribution in [0, 0.1) is 0 Å². The lowest BCUT2D eigenvalue weighted by Crippen LogP contribution is -2.28. The molecule has 1 aliphatic rings. The van der Waals surface area contributed by atoms with Gasteiger partial charge in [0.05, 0.1) is 0 Å². The monoisotopic (exact) mass is 334 g/mol. The van der Waals surface area contributed by atoms with E-state index in [-0.39, 0.29) is 0 Å². The Morgan fingerprint density at radius 3 is 2.08 bits per heavy atom. The summed E-state index contributed by atoms with van der Waals surface area (Å²) in [6.45, 7) is 1.93. The standard InChI is InChI=1S/C21H22N2O2/c1-22(2)12-13-23(3)17-14-20-21(16-9-5-4-8-15(16)17)25-19-11-7-6-10-18(19)24-20/h4-11,14H,12-13H2,1-3H3. The van der Waals surface area contributed by atoms with Gasteiger partial charge in [0.2, 0.25) is 0 Å². The number of fused-ring (bicyclic) bond motifs is 4. The molecule has 0 unspecified atom stereocenters. The van der Waals surface area contributed by atoms with E-state index in [1.54, 1.807) is 0 Å². The van der Waals surface area contributed by atoms with Gasteiger partial charge in [0.1, 0.15) is 0 Å². The Kier molecular flexibility index (Phi) is 3.98. The number of hydrogen-bond acceptors (Lipinski definition) is 4. The van der Waals surface area contributed by atoms with Crippen molar-refractivity contribution in [3.05, 3.63) is 54.6 Å². The molecule has 4 heteroatoms. The van der Waals surface area contributed by atoms with Crippen molar-refractivity contribution in [2.75, 3.05) is 39.1 Å². The maximum atomic E-state index is 6.17. The highest BCUT2D eigenvalue weighted by Gasteiger charge is 2.23. The molecule has 1 aliphatic heterocycles. The third-order valence-corrected chi connectivity index (χ3v) is 4.51. The molecule has 4 nitrogen and oxygen atoms in total. The smallest absolute Gasteiger partial charge is 0.178 e. The summed E-state index contributed by atoms with van der Waals surface area (Å²) in [5.74, 6) is 3.07. The summed E-state index contributed by atoms with van der Waals surface area (Å²) in [5.41, 5.74) is 1.15. The summed E-state index contributed by atoms with van der Waals surface area (Å²) in [7, 11) is 6.30.